The molecule has 0 saturated carbocycles. The highest BCUT2D eigenvalue weighted by Gasteiger charge is 2.25. The Balaban J connectivity index is 1.10. The predicted octanol–water partition coefficient (Wildman–Crippen LogP) is 5.18. The van der Waals surface area contributed by atoms with Crippen LogP contribution >= 0.6 is 0 Å². The summed E-state index contributed by atoms with van der Waals surface area (Å²) in [5.74, 6) is 2.52. The van der Waals surface area contributed by atoms with Gasteiger partial charge in [-0.1, -0.05) is 36.4 Å². The molecule has 30 heavy (non-hydrogen) atoms. The van der Waals surface area contributed by atoms with E-state index < -0.39 is 0 Å². The Morgan fingerprint density at radius 3 is 2.73 bits per heavy atom. The molecule has 1 N–H and O–H groups in total. The van der Waals surface area contributed by atoms with Crippen LogP contribution in [0, 0.1) is 5.92 Å². The molecule has 2 aliphatic heterocycles. The highest BCUT2D eigenvalue weighted by atomic mass is 16.7. The van der Waals surface area contributed by atoms with E-state index in [2.05, 4.69) is 58.4 Å². The summed E-state index contributed by atoms with van der Waals surface area (Å²) >= 11 is 0. The maximum absolute atomic E-state index is 5.61. The fourth-order valence-electron chi connectivity index (χ4n) is 5.32. The van der Waals surface area contributed by atoms with Crippen LogP contribution in [0.5, 0.6) is 11.5 Å². The zero-order valence-corrected chi connectivity index (χ0v) is 17.3. The number of hydrogen-bond donors (Lipinski definition) is 1. The van der Waals surface area contributed by atoms with Crippen LogP contribution in [0.25, 0.3) is 16.5 Å². The first kappa shape index (κ1) is 18.1. The second kappa shape index (κ2) is 7.51. The molecule has 0 spiro atoms. The van der Waals surface area contributed by atoms with Gasteiger partial charge in [-0.2, -0.15) is 0 Å². The lowest BCUT2D eigenvalue weighted by atomic mass is 9.84. The van der Waals surface area contributed by atoms with Crippen LogP contribution in [0.4, 0.5) is 0 Å². The number of aromatic amines is 1. The second-order valence-corrected chi connectivity index (χ2v) is 8.88. The Hall–Kier alpha value is -2.72. The van der Waals surface area contributed by atoms with Crippen LogP contribution in [0.2, 0.25) is 0 Å². The summed E-state index contributed by atoms with van der Waals surface area (Å²) in [4.78, 5) is 6.26. The van der Waals surface area contributed by atoms with Gasteiger partial charge in [-0.25, -0.2) is 0 Å². The molecular formula is C26H28N2O2. The fraction of sp³-hybridized carbons (Fsp3) is 0.385. The van der Waals surface area contributed by atoms with Gasteiger partial charge in [0.05, 0.1) is 0 Å². The summed E-state index contributed by atoms with van der Waals surface area (Å²) < 4.78 is 11.2. The maximum Gasteiger partial charge on any atom is 0.231 e. The zero-order valence-electron chi connectivity index (χ0n) is 17.3. The summed E-state index contributed by atoms with van der Waals surface area (Å²) in [6.45, 7) is 3.80. The molecule has 3 aromatic rings. The monoisotopic (exact) mass is 400 g/mol. The number of fused-ring (bicyclic) bond motifs is 4. The molecule has 1 atom stereocenters. The summed E-state index contributed by atoms with van der Waals surface area (Å²) in [7, 11) is 0. The van der Waals surface area contributed by atoms with Gasteiger partial charge in [0, 0.05) is 35.8 Å². The lowest BCUT2D eigenvalue weighted by Gasteiger charge is -2.29. The van der Waals surface area contributed by atoms with Crippen molar-refractivity contribution in [1.82, 2.24) is 9.88 Å². The maximum atomic E-state index is 5.61. The summed E-state index contributed by atoms with van der Waals surface area (Å²) in [5.41, 5.74) is 7.01. The van der Waals surface area contributed by atoms with Gasteiger partial charge < -0.3 is 14.5 Å². The minimum absolute atomic E-state index is 0.336. The van der Waals surface area contributed by atoms with Gasteiger partial charge in [0.15, 0.2) is 11.5 Å². The van der Waals surface area contributed by atoms with Gasteiger partial charge in [-0.3, -0.25) is 4.90 Å². The summed E-state index contributed by atoms with van der Waals surface area (Å²) in [5, 5.41) is 1.33. The largest absolute Gasteiger partial charge is 0.454 e. The van der Waals surface area contributed by atoms with E-state index in [0.29, 0.717) is 6.79 Å². The van der Waals surface area contributed by atoms with E-state index >= 15 is 0 Å². The number of ether oxygens (including phenoxy) is 2. The van der Waals surface area contributed by atoms with E-state index in [9.17, 15) is 0 Å². The van der Waals surface area contributed by atoms with Crippen molar-refractivity contribution in [3.05, 3.63) is 65.4 Å². The van der Waals surface area contributed by atoms with Gasteiger partial charge in [0.1, 0.15) is 0 Å². The molecule has 1 aromatic heterocycles. The molecule has 3 aliphatic rings. The molecule has 0 fully saturated rings. The number of aromatic nitrogens is 1. The molecule has 0 amide bonds. The minimum Gasteiger partial charge on any atom is -0.454 e. The molecule has 3 heterocycles. The normalized spacial score (nSPS) is 20.9. The molecule has 4 nitrogen and oxygen atoms in total. The zero-order chi connectivity index (χ0) is 19.9. The number of nitrogens with one attached hydrogen (secondary N) is 1. The number of H-pyrrole nitrogens is 1. The van der Waals surface area contributed by atoms with E-state index in [1.165, 1.54) is 65.6 Å². The Morgan fingerprint density at radius 2 is 1.90 bits per heavy atom. The fourth-order valence-corrected chi connectivity index (χ4v) is 5.32. The van der Waals surface area contributed by atoms with Crippen molar-refractivity contribution in [2.24, 2.45) is 5.92 Å². The third kappa shape index (κ3) is 3.29. The van der Waals surface area contributed by atoms with E-state index in [1.54, 1.807) is 0 Å². The van der Waals surface area contributed by atoms with Crippen molar-refractivity contribution in [2.45, 2.75) is 32.1 Å². The smallest absolute Gasteiger partial charge is 0.231 e. The van der Waals surface area contributed by atoms with Crippen molar-refractivity contribution in [2.75, 3.05) is 26.4 Å². The summed E-state index contributed by atoms with van der Waals surface area (Å²) in [6, 6.07) is 15.1. The number of nitrogens with zero attached hydrogens (tertiary/aromatic N) is 1. The van der Waals surface area contributed by atoms with Gasteiger partial charge in [-0.05, 0) is 67.3 Å². The molecule has 1 unspecified atom stereocenters. The van der Waals surface area contributed by atoms with Gasteiger partial charge >= 0.3 is 0 Å². The third-order valence-corrected chi connectivity index (χ3v) is 7.07. The highest BCUT2D eigenvalue weighted by molar-refractivity contribution is 5.88. The highest BCUT2D eigenvalue weighted by Crippen LogP contribution is 2.40. The van der Waals surface area contributed by atoms with Crippen LogP contribution in [0.15, 0.2) is 48.5 Å². The molecule has 0 saturated heterocycles. The minimum atomic E-state index is 0.336. The number of hydrogen-bond acceptors (Lipinski definition) is 3. The molecule has 2 aromatic carbocycles. The number of benzene rings is 2. The average Bonchev–Trinajstić information content (AvgIpc) is 3.40. The lowest BCUT2D eigenvalue weighted by molar-refractivity contribution is 0.174. The molecular weight excluding hydrogens is 372 g/mol. The van der Waals surface area contributed by atoms with Gasteiger partial charge in [0.25, 0.3) is 0 Å². The van der Waals surface area contributed by atoms with Crippen molar-refractivity contribution in [1.29, 1.82) is 0 Å². The Morgan fingerprint density at radius 1 is 1.03 bits per heavy atom. The van der Waals surface area contributed by atoms with E-state index in [-0.39, 0.29) is 0 Å². The van der Waals surface area contributed by atoms with Crippen LogP contribution in [0.1, 0.15) is 36.1 Å². The predicted molar refractivity (Wildman–Crippen MR) is 120 cm³/mol. The van der Waals surface area contributed by atoms with E-state index in [0.717, 1.165) is 36.8 Å². The topological polar surface area (TPSA) is 37.5 Å². The molecule has 0 radical (unpaired) electrons. The van der Waals surface area contributed by atoms with Crippen LogP contribution < -0.4 is 9.47 Å². The first-order valence-electron chi connectivity index (χ1n) is 11.2. The van der Waals surface area contributed by atoms with Crippen LogP contribution in [0.3, 0.4) is 0 Å². The van der Waals surface area contributed by atoms with Crippen molar-refractivity contribution < 1.29 is 9.47 Å². The molecule has 6 rings (SSSR count). The second-order valence-electron chi connectivity index (χ2n) is 8.88. The molecule has 154 valence electrons. The number of aryl methyl sites for hydroxylation is 1. The Bertz CT molecular complexity index is 1100. The molecule has 0 bridgehead atoms. The SMILES string of the molecule is C1=C(c2ccccc2)CCN(CCC2CCc3[nH]c4cc5c(cc4c3C2)OCO5)C1. The van der Waals surface area contributed by atoms with Crippen molar-refractivity contribution in [3.63, 3.8) is 0 Å². The van der Waals surface area contributed by atoms with Crippen molar-refractivity contribution in [3.8, 4) is 11.5 Å². The van der Waals surface area contributed by atoms with E-state index in [4.69, 9.17) is 9.47 Å². The average molecular weight is 401 g/mol. The molecule has 4 heteroatoms. The Labute approximate surface area is 177 Å². The van der Waals surface area contributed by atoms with Crippen LogP contribution in [-0.2, 0) is 12.8 Å². The summed E-state index contributed by atoms with van der Waals surface area (Å²) in [6.07, 6.45) is 8.48. The van der Waals surface area contributed by atoms with Gasteiger partial charge in [-0.15, -0.1) is 0 Å². The quantitative estimate of drug-likeness (QED) is 0.656. The van der Waals surface area contributed by atoms with Crippen LogP contribution in [-0.4, -0.2) is 36.3 Å². The molecule has 1 aliphatic carbocycles. The number of rotatable bonds is 4. The Kier molecular flexibility index (Phi) is 4.53. The lowest BCUT2D eigenvalue weighted by Crippen LogP contribution is -2.31. The van der Waals surface area contributed by atoms with E-state index in [1.807, 2.05) is 0 Å². The first-order chi connectivity index (χ1) is 14.8. The first-order valence-corrected chi connectivity index (χ1v) is 11.2. The van der Waals surface area contributed by atoms with Crippen molar-refractivity contribution >= 4 is 16.5 Å². The third-order valence-electron chi connectivity index (χ3n) is 7.07. The standard InChI is InChI=1S/C26H28N2O2/c1-2-4-19(5-3-1)20-9-12-28(13-10-20)11-8-18-6-7-23-21(14-18)22-15-25-26(30-17-29-25)16-24(22)27-23/h1-5,9,15-16,18,27H,6-8,10-14,17H2. The van der Waals surface area contributed by atoms with Gasteiger partial charge in [0.2, 0.25) is 6.79 Å².